The van der Waals surface area contributed by atoms with Crippen molar-refractivity contribution in [2.24, 2.45) is 0 Å². The highest BCUT2D eigenvalue weighted by Gasteiger charge is 2.21. The fraction of sp³-hybridized carbons (Fsp3) is 0.458. The molecule has 1 fully saturated rings. The lowest BCUT2D eigenvalue weighted by molar-refractivity contribution is 0.0635. The fourth-order valence-corrected chi connectivity index (χ4v) is 3.65. The van der Waals surface area contributed by atoms with Crippen molar-refractivity contribution in [3.8, 4) is 0 Å². The van der Waals surface area contributed by atoms with Gasteiger partial charge in [0.15, 0.2) is 0 Å². The Morgan fingerprint density at radius 1 is 0.857 bits per heavy atom. The third-order valence-corrected chi connectivity index (χ3v) is 5.44. The fourth-order valence-electron chi connectivity index (χ4n) is 3.65. The Hall–Kier alpha value is -2.17. The van der Waals surface area contributed by atoms with Crippen LogP contribution < -0.4 is 5.32 Å². The number of hydrogen-bond donors (Lipinski definition) is 1. The molecule has 0 saturated carbocycles. The minimum absolute atomic E-state index is 0.164. The van der Waals surface area contributed by atoms with Crippen molar-refractivity contribution in [3.63, 3.8) is 0 Å². The van der Waals surface area contributed by atoms with E-state index in [-0.39, 0.29) is 5.91 Å². The summed E-state index contributed by atoms with van der Waals surface area (Å²) >= 11 is 0. The first-order chi connectivity index (χ1) is 13.8. The smallest absolute Gasteiger partial charge is 0.253 e. The Balaban J connectivity index is 1.42. The van der Waals surface area contributed by atoms with E-state index in [1.807, 2.05) is 23.1 Å². The number of nitrogens with one attached hydrogen (secondary N) is 1. The van der Waals surface area contributed by atoms with Crippen LogP contribution in [0.3, 0.4) is 0 Å². The highest BCUT2D eigenvalue weighted by atomic mass is 16.2. The van der Waals surface area contributed by atoms with Crippen LogP contribution in [0.25, 0.3) is 0 Å². The first-order valence-electron chi connectivity index (χ1n) is 10.6. The summed E-state index contributed by atoms with van der Waals surface area (Å²) < 4.78 is 0. The molecule has 0 spiro atoms. The molecule has 0 atom stereocenters. The molecule has 4 heteroatoms. The zero-order valence-electron chi connectivity index (χ0n) is 17.1. The summed E-state index contributed by atoms with van der Waals surface area (Å²) in [5, 5.41) is 3.45. The summed E-state index contributed by atoms with van der Waals surface area (Å²) in [5.41, 5.74) is 3.28. The molecule has 28 heavy (non-hydrogen) atoms. The van der Waals surface area contributed by atoms with Crippen molar-refractivity contribution >= 4 is 5.91 Å². The van der Waals surface area contributed by atoms with Gasteiger partial charge in [-0.1, -0.05) is 62.2 Å². The van der Waals surface area contributed by atoms with Crippen LogP contribution in [0.1, 0.15) is 47.7 Å². The monoisotopic (exact) mass is 379 g/mol. The summed E-state index contributed by atoms with van der Waals surface area (Å²) in [6.07, 6.45) is 3.83. The molecule has 1 N–H and O–H groups in total. The molecule has 1 heterocycles. The van der Waals surface area contributed by atoms with E-state index in [0.717, 1.165) is 44.8 Å². The first-order valence-corrected chi connectivity index (χ1v) is 10.6. The van der Waals surface area contributed by atoms with Crippen molar-refractivity contribution in [1.29, 1.82) is 0 Å². The van der Waals surface area contributed by atoms with Crippen LogP contribution in [0.4, 0.5) is 0 Å². The second-order valence-corrected chi connectivity index (χ2v) is 7.63. The van der Waals surface area contributed by atoms with Crippen molar-refractivity contribution in [3.05, 3.63) is 71.3 Å². The lowest BCUT2D eigenvalue weighted by Gasteiger charge is -2.34. The predicted octanol–water partition coefficient (Wildman–Crippen LogP) is 3.92. The van der Waals surface area contributed by atoms with Gasteiger partial charge < -0.3 is 10.2 Å². The number of hydrogen-bond acceptors (Lipinski definition) is 3. The molecular weight excluding hydrogens is 346 g/mol. The maximum absolute atomic E-state index is 12.8. The van der Waals surface area contributed by atoms with Gasteiger partial charge in [0, 0.05) is 44.8 Å². The molecule has 1 amide bonds. The van der Waals surface area contributed by atoms with Gasteiger partial charge in [-0.05, 0) is 36.2 Å². The standard InChI is InChI=1S/C24H33N3O/c1-2-3-7-14-26-15-17-27(18-16-26)24(28)23-12-10-22(11-13-23)20-25-19-21-8-5-4-6-9-21/h4-6,8-13,25H,2-3,7,14-20H2,1H3. The SMILES string of the molecule is CCCCCN1CCN(C(=O)c2ccc(CNCc3ccccc3)cc2)CC1. The van der Waals surface area contributed by atoms with Gasteiger partial charge >= 0.3 is 0 Å². The molecule has 2 aromatic rings. The molecule has 0 unspecified atom stereocenters. The van der Waals surface area contributed by atoms with E-state index in [1.54, 1.807) is 0 Å². The summed E-state index contributed by atoms with van der Waals surface area (Å²) in [5.74, 6) is 0.164. The minimum Gasteiger partial charge on any atom is -0.336 e. The van der Waals surface area contributed by atoms with Gasteiger partial charge in [-0.25, -0.2) is 0 Å². The lowest BCUT2D eigenvalue weighted by Crippen LogP contribution is -2.48. The number of unbranched alkanes of at least 4 members (excludes halogenated alkanes) is 2. The molecule has 1 aliphatic rings. The first kappa shape index (κ1) is 20.6. The summed E-state index contributed by atoms with van der Waals surface area (Å²) in [6, 6.07) is 18.5. The van der Waals surface area contributed by atoms with E-state index in [0.29, 0.717) is 0 Å². The molecule has 150 valence electrons. The Morgan fingerprint density at radius 3 is 2.14 bits per heavy atom. The van der Waals surface area contributed by atoms with Gasteiger partial charge in [0.1, 0.15) is 0 Å². The van der Waals surface area contributed by atoms with Crippen LogP contribution in [0, 0.1) is 0 Å². The predicted molar refractivity (Wildman–Crippen MR) is 115 cm³/mol. The number of rotatable bonds is 9. The Kier molecular flexibility index (Phi) is 8.07. The van der Waals surface area contributed by atoms with Crippen molar-refractivity contribution < 1.29 is 4.79 Å². The van der Waals surface area contributed by atoms with Gasteiger partial charge in [0.05, 0.1) is 0 Å². The number of nitrogens with zero attached hydrogens (tertiary/aromatic N) is 2. The van der Waals surface area contributed by atoms with Crippen molar-refractivity contribution in [2.45, 2.75) is 39.3 Å². The topological polar surface area (TPSA) is 35.6 Å². The molecule has 4 nitrogen and oxygen atoms in total. The van der Waals surface area contributed by atoms with Crippen LogP contribution >= 0.6 is 0 Å². The van der Waals surface area contributed by atoms with E-state index in [2.05, 4.69) is 53.5 Å². The van der Waals surface area contributed by atoms with Crippen LogP contribution in [-0.4, -0.2) is 48.4 Å². The number of amides is 1. The van der Waals surface area contributed by atoms with Crippen LogP contribution in [0.2, 0.25) is 0 Å². The number of carbonyl (C=O) groups is 1. The summed E-state index contributed by atoms with van der Waals surface area (Å²) in [7, 11) is 0. The van der Waals surface area contributed by atoms with E-state index >= 15 is 0 Å². The summed E-state index contributed by atoms with van der Waals surface area (Å²) in [6.45, 7) is 8.73. The van der Waals surface area contributed by atoms with E-state index in [1.165, 1.54) is 36.9 Å². The Morgan fingerprint density at radius 2 is 1.50 bits per heavy atom. The molecule has 0 radical (unpaired) electrons. The van der Waals surface area contributed by atoms with Gasteiger partial charge in [-0.2, -0.15) is 0 Å². The zero-order valence-corrected chi connectivity index (χ0v) is 17.1. The maximum Gasteiger partial charge on any atom is 0.253 e. The van der Waals surface area contributed by atoms with Gasteiger partial charge in [0.25, 0.3) is 5.91 Å². The average molecular weight is 380 g/mol. The van der Waals surface area contributed by atoms with E-state index in [4.69, 9.17) is 0 Å². The maximum atomic E-state index is 12.8. The molecule has 2 aromatic carbocycles. The van der Waals surface area contributed by atoms with E-state index < -0.39 is 0 Å². The quantitative estimate of drug-likeness (QED) is 0.671. The highest BCUT2D eigenvalue weighted by molar-refractivity contribution is 5.94. The van der Waals surface area contributed by atoms with Crippen LogP contribution in [0.5, 0.6) is 0 Å². The highest BCUT2D eigenvalue weighted by Crippen LogP contribution is 2.11. The molecule has 1 saturated heterocycles. The Bertz CT molecular complexity index is 706. The third kappa shape index (κ3) is 6.18. The van der Waals surface area contributed by atoms with Crippen LogP contribution in [-0.2, 0) is 13.1 Å². The molecule has 3 rings (SSSR count). The van der Waals surface area contributed by atoms with Gasteiger partial charge in [-0.15, -0.1) is 0 Å². The minimum atomic E-state index is 0.164. The Labute approximate surface area is 169 Å². The normalized spacial score (nSPS) is 15.0. The van der Waals surface area contributed by atoms with Crippen molar-refractivity contribution in [2.75, 3.05) is 32.7 Å². The second-order valence-electron chi connectivity index (χ2n) is 7.63. The number of benzene rings is 2. The molecular formula is C24H33N3O. The summed E-state index contributed by atoms with van der Waals surface area (Å²) in [4.78, 5) is 17.3. The largest absolute Gasteiger partial charge is 0.336 e. The molecule has 0 bridgehead atoms. The molecule has 0 aliphatic carbocycles. The lowest BCUT2D eigenvalue weighted by atomic mass is 10.1. The number of piperazine rings is 1. The second kappa shape index (κ2) is 11.0. The average Bonchev–Trinajstić information content (AvgIpc) is 2.75. The van der Waals surface area contributed by atoms with E-state index in [9.17, 15) is 4.79 Å². The molecule has 0 aromatic heterocycles. The third-order valence-electron chi connectivity index (χ3n) is 5.44. The van der Waals surface area contributed by atoms with Crippen molar-refractivity contribution in [1.82, 2.24) is 15.1 Å². The van der Waals surface area contributed by atoms with Gasteiger partial charge in [-0.3, -0.25) is 9.69 Å². The molecule has 1 aliphatic heterocycles. The number of carbonyl (C=O) groups excluding carboxylic acids is 1. The zero-order chi connectivity index (χ0) is 19.6. The van der Waals surface area contributed by atoms with Gasteiger partial charge in [0.2, 0.25) is 0 Å². The van der Waals surface area contributed by atoms with Crippen LogP contribution in [0.15, 0.2) is 54.6 Å².